The first-order valence-electron chi connectivity index (χ1n) is 10.7. The van der Waals surface area contributed by atoms with Gasteiger partial charge in [0.2, 0.25) is 11.8 Å². The maximum atomic E-state index is 12.6. The molecule has 0 unspecified atom stereocenters. The standard InChI is InChI=1S/C24H29N5O3S/c1-6-29-20(13-21(30)25-18-9-7-8-10-19(18)32-5)27-28-24(29)33-14-22(31)26-23-16(3)11-15(2)12-17(23)4/h7-12H,6,13-14H2,1-5H3,(H,25,30)(H,26,31). The molecule has 3 aromatic rings. The molecule has 0 aliphatic heterocycles. The van der Waals surface area contributed by atoms with E-state index in [0.717, 1.165) is 22.4 Å². The van der Waals surface area contributed by atoms with Crippen molar-refractivity contribution in [3.63, 3.8) is 0 Å². The number of hydrogen-bond acceptors (Lipinski definition) is 6. The number of nitrogens with one attached hydrogen (secondary N) is 2. The molecule has 0 saturated heterocycles. The second-order valence-corrected chi connectivity index (χ2v) is 8.62. The van der Waals surface area contributed by atoms with E-state index in [9.17, 15) is 9.59 Å². The van der Waals surface area contributed by atoms with Gasteiger partial charge in [0.15, 0.2) is 5.16 Å². The SMILES string of the molecule is CCn1c(CC(=O)Nc2ccccc2OC)nnc1SCC(=O)Nc1c(C)cc(C)cc1C. The summed E-state index contributed by atoms with van der Waals surface area (Å²) in [5, 5.41) is 14.8. The lowest BCUT2D eigenvalue weighted by molar-refractivity contribution is -0.116. The summed E-state index contributed by atoms with van der Waals surface area (Å²) in [7, 11) is 1.56. The number of anilines is 2. The summed E-state index contributed by atoms with van der Waals surface area (Å²) >= 11 is 1.30. The van der Waals surface area contributed by atoms with Gasteiger partial charge in [-0.1, -0.05) is 41.6 Å². The van der Waals surface area contributed by atoms with Crippen LogP contribution in [0.3, 0.4) is 0 Å². The molecule has 1 aromatic heterocycles. The Balaban J connectivity index is 1.62. The molecule has 3 rings (SSSR count). The number of nitrogens with zero attached hydrogens (tertiary/aromatic N) is 3. The van der Waals surface area contributed by atoms with Gasteiger partial charge in [0.25, 0.3) is 0 Å². The van der Waals surface area contributed by atoms with Crippen LogP contribution in [0.4, 0.5) is 11.4 Å². The van der Waals surface area contributed by atoms with Crippen molar-refractivity contribution in [3.8, 4) is 5.75 Å². The number of thioether (sulfide) groups is 1. The fourth-order valence-electron chi connectivity index (χ4n) is 3.64. The van der Waals surface area contributed by atoms with Crippen molar-refractivity contribution in [2.45, 2.75) is 45.8 Å². The number of carbonyl (C=O) groups is 2. The van der Waals surface area contributed by atoms with Gasteiger partial charge in [-0.2, -0.15) is 0 Å². The number of hydrogen-bond donors (Lipinski definition) is 2. The third-order valence-corrected chi connectivity index (χ3v) is 6.05. The van der Waals surface area contributed by atoms with Gasteiger partial charge in [-0.3, -0.25) is 9.59 Å². The Bertz CT molecular complexity index is 1140. The van der Waals surface area contributed by atoms with Crippen LogP contribution in [-0.4, -0.2) is 39.4 Å². The van der Waals surface area contributed by atoms with Gasteiger partial charge in [-0.15, -0.1) is 10.2 Å². The van der Waals surface area contributed by atoms with E-state index in [1.807, 2.05) is 56.5 Å². The molecule has 0 fully saturated rings. The molecule has 8 nitrogen and oxygen atoms in total. The fraction of sp³-hybridized carbons (Fsp3) is 0.333. The Labute approximate surface area is 198 Å². The van der Waals surface area contributed by atoms with Gasteiger partial charge >= 0.3 is 0 Å². The third kappa shape index (κ3) is 6.13. The molecular weight excluding hydrogens is 438 g/mol. The number of methoxy groups -OCH3 is 1. The highest BCUT2D eigenvalue weighted by Gasteiger charge is 2.17. The number of rotatable bonds is 9. The fourth-order valence-corrected chi connectivity index (χ4v) is 4.46. The summed E-state index contributed by atoms with van der Waals surface area (Å²) in [5.74, 6) is 0.984. The van der Waals surface area contributed by atoms with Crippen LogP contribution in [0, 0.1) is 20.8 Å². The highest BCUT2D eigenvalue weighted by atomic mass is 32.2. The zero-order chi connectivity index (χ0) is 24.0. The van der Waals surface area contributed by atoms with E-state index in [0.29, 0.717) is 29.0 Å². The lowest BCUT2D eigenvalue weighted by Crippen LogP contribution is -2.18. The third-order valence-electron chi connectivity index (χ3n) is 5.08. The Hall–Kier alpha value is -3.33. The summed E-state index contributed by atoms with van der Waals surface area (Å²) in [6, 6.07) is 11.3. The topological polar surface area (TPSA) is 98.1 Å². The quantitative estimate of drug-likeness (QED) is 0.459. The molecule has 2 N–H and O–H groups in total. The molecule has 0 aliphatic carbocycles. The number of aryl methyl sites for hydroxylation is 3. The Morgan fingerprint density at radius 3 is 2.39 bits per heavy atom. The van der Waals surface area contributed by atoms with Crippen molar-refractivity contribution in [3.05, 3.63) is 58.9 Å². The zero-order valence-corrected chi connectivity index (χ0v) is 20.4. The smallest absolute Gasteiger partial charge is 0.234 e. The average molecular weight is 468 g/mol. The van der Waals surface area contributed by atoms with Gasteiger partial charge in [-0.25, -0.2) is 0 Å². The lowest BCUT2D eigenvalue weighted by atomic mass is 10.1. The minimum atomic E-state index is -0.221. The molecule has 0 spiro atoms. The van der Waals surface area contributed by atoms with Crippen LogP contribution in [0.2, 0.25) is 0 Å². The number of ether oxygens (including phenoxy) is 1. The van der Waals surface area contributed by atoms with Gasteiger partial charge < -0.3 is 19.9 Å². The minimum Gasteiger partial charge on any atom is -0.495 e. The normalized spacial score (nSPS) is 10.7. The first-order valence-corrected chi connectivity index (χ1v) is 11.7. The molecule has 2 amide bonds. The van der Waals surface area contributed by atoms with E-state index in [1.165, 1.54) is 11.8 Å². The van der Waals surface area contributed by atoms with Crippen LogP contribution in [0.25, 0.3) is 0 Å². The van der Waals surface area contributed by atoms with Crippen molar-refractivity contribution in [2.75, 3.05) is 23.5 Å². The molecule has 174 valence electrons. The maximum Gasteiger partial charge on any atom is 0.234 e. The molecule has 0 saturated carbocycles. The molecule has 0 atom stereocenters. The van der Waals surface area contributed by atoms with Gasteiger partial charge in [0, 0.05) is 12.2 Å². The second kappa shape index (κ2) is 11.0. The van der Waals surface area contributed by atoms with Gasteiger partial charge in [0.05, 0.1) is 25.0 Å². The minimum absolute atomic E-state index is 0.0629. The first kappa shape index (κ1) is 24.3. The molecule has 1 heterocycles. The largest absolute Gasteiger partial charge is 0.495 e. The number of amides is 2. The first-order chi connectivity index (χ1) is 15.8. The molecule has 9 heteroatoms. The molecule has 2 aromatic carbocycles. The molecule has 0 aliphatic rings. The van der Waals surface area contributed by atoms with Crippen LogP contribution >= 0.6 is 11.8 Å². The van der Waals surface area contributed by atoms with Crippen molar-refractivity contribution in [1.82, 2.24) is 14.8 Å². The highest BCUT2D eigenvalue weighted by molar-refractivity contribution is 7.99. The van der Waals surface area contributed by atoms with Crippen LogP contribution in [0.1, 0.15) is 29.4 Å². The second-order valence-electron chi connectivity index (χ2n) is 7.68. The number of para-hydroxylation sites is 2. The summed E-state index contributed by atoms with van der Waals surface area (Å²) in [5.41, 5.74) is 4.67. The van der Waals surface area contributed by atoms with Crippen LogP contribution in [0.15, 0.2) is 41.6 Å². The van der Waals surface area contributed by atoms with E-state index in [2.05, 4.69) is 20.8 Å². The molecule has 33 heavy (non-hydrogen) atoms. The summed E-state index contributed by atoms with van der Waals surface area (Å²) in [4.78, 5) is 25.1. The van der Waals surface area contributed by atoms with Crippen LogP contribution in [0.5, 0.6) is 5.75 Å². The molecule has 0 radical (unpaired) electrons. The lowest BCUT2D eigenvalue weighted by Gasteiger charge is -2.13. The summed E-state index contributed by atoms with van der Waals surface area (Å²) in [6.07, 6.45) is 0.0629. The van der Waals surface area contributed by atoms with Crippen molar-refractivity contribution in [2.24, 2.45) is 0 Å². The molecule has 0 bridgehead atoms. The molecular formula is C24H29N5O3S. The monoisotopic (exact) mass is 467 g/mol. The van der Waals surface area contributed by atoms with Crippen LogP contribution < -0.4 is 15.4 Å². The Morgan fingerprint density at radius 1 is 1.03 bits per heavy atom. The maximum absolute atomic E-state index is 12.6. The van der Waals surface area contributed by atoms with Crippen molar-refractivity contribution in [1.29, 1.82) is 0 Å². The van der Waals surface area contributed by atoms with Crippen molar-refractivity contribution >= 4 is 35.0 Å². The number of carbonyl (C=O) groups excluding carboxylic acids is 2. The van der Waals surface area contributed by atoms with E-state index in [4.69, 9.17) is 4.74 Å². The van der Waals surface area contributed by atoms with E-state index in [1.54, 1.807) is 19.2 Å². The van der Waals surface area contributed by atoms with Gasteiger partial charge in [0.1, 0.15) is 11.6 Å². The highest BCUT2D eigenvalue weighted by Crippen LogP contribution is 2.25. The van der Waals surface area contributed by atoms with E-state index >= 15 is 0 Å². The van der Waals surface area contributed by atoms with E-state index in [-0.39, 0.29) is 24.0 Å². The summed E-state index contributed by atoms with van der Waals surface area (Å²) in [6.45, 7) is 8.55. The predicted octanol–water partition coefficient (Wildman–Crippen LogP) is 4.14. The Morgan fingerprint density at radius 2 is 1.73 bits per heavy atom. The average Bonchev–Trinajstić information content (AvgIpc) is 3.16. The predicted molar refractivity (Wildman–Crippen MR) is 131 cm³/mol. The van der Waals surface area contributed by atoms with E-state index < -0.39 is 0 Å². The summed E-state index contributed by atoms with van der Waals surface area (Å²) < 4.78 is 7.12. The van der Waals surface area contributed by atoms with Crippen LogP contribution in [-0.2, 0) is 22.6 Å². The van der Waals surface area contributed by atoms with Gasteiger partial charge in [-0.05, 0) is 51.0 Å². The zero-order valence-electron chi connectivity index (χ0n) is 19.6. The number of benzene rings is 2. The Kier molecular flexibility index (Phi) is 8.11. The number of aromatic nitrogens is 3. The van der Waals surface area contributed by atoms with Crippen molar-refractivity contribution < 1.29 is 14.3 Å².